The lowest BCUT2D eigenvalue weighted by molar-refractivity contribution is 0.0635. The minimum Gasteiger partial charge on any atom is -0.444 e. The third kappa shape index (κ3) is 5.17. The summed E-state index contributed by atoms with van der Waals surface area (Å²) in [6.07, 6.45) is 4.67. The molecule has 2 aromatic heterocycles. The van der Waals surface area contributed by atoms with Crippen LogP contribution in [0.2, 0.25) is 0 Å². The van der Waals surface area contributed by atoms with Gasteiger partial charge in [-0.05, 0) is 38.5 Å². The van der Waals surface area contributed by atoms with Crippen molar-refractivity contribution in [2.75, 3.05) is 5.32 Å². The van der Waals surface area contributed by atoms with Gasteiger partial charge in [-0.25, -0.2) is 4.79 Å². The Morgan fingerprint density at radius 1 is 1.27 bits per heavy atom. The third-order valence-corrected chi connectivity index (χ3v) is 2.74. The van der Waals surface area contributed by atoms with E-state index >= 15 is 0 Å². The molecule has 0 unspecified atom stereocenters. The number of ether oxygens (including phenoxy) is 1. The lowest BCUT2D eigenvalue weighted by atomic mass is 10.2. The quantitative estimate of drug-likeness (QED) is 0.789. The van der Waals surface area contributed by atoms with Crippen LogP contribution in [0.3, 0.4) is 0 Å². The van der Waals surface area contributed by atoms with Gasteiger partial charge in [0.2, 0.25) is 0 Å². The SMILES string of the molecule is CC(C)(C)OC(=O)Nc1[nH]ncc1CNCc1ccncc1. The van der Waals surface area contributed by atoms with Crippen LogP contribution >= 0.6 is 0 Å². The summed E-state index contributed by atoms with van der Waals surface area (Å²) in [5.74, 6) is 0.538. The second kappa shape index (κ2) is 7.04. The Labute approximate surface area is 129 Å². The van der Waals surface area contributed by atoms with Gasteiger partial charge in [0.05, 0.1) is 6.20 Å². The molecule has 2 heterocycles. The number of rotatable bonds is 5. The molecule has 0 aliphatic rings. The highest BCUT2D eigenvalue weighted by molar-refractivity contribution is 5.84. The molecule has 0 saturated heterocycles. The normalized spacial score (nSPS) is 11.2. The van der Waals surface area contributed by atoms with Gasteiger partial charge in [-0.1, -0.05) is 0 Å². The van der Waals surface area contributed by atoms with Crippen LogP contribution in [0.25, 0.3) is 0 Å². The maximum absolute atomic E-state index is 11.8. The fourth-order valence-electron chi connectivity index (χ4n) is 1.80. The summed E-state index contributed by atoms with van der Waals surface area (Å²) in [5.41, 5.74) is 1.46. The van der Waals surface area contributed by atoms with Crippen LogP contribution in [0.4, 0.5) is 10.6 Å². The predicted octanol–water partition coefficient (Wildman–Crippen LogP) is 2.44. The number of H-pyrrole nitrogens is 1. The van der Waals surface area contributed by atoms with Crippen molar-refractivity contribution in [1.82, 2.24) is 20.5 Å². The van der Waals surface area contributed by atoms with E-state index in [1.54, 1.807) is 18.6 Å². The summed E-state index contributed by atoms with van der Waals surface area (Å²) in [6, 6.07) is 3.89. The first-order chi connectivity index (χ1) is 10.4. The van der Waals surface area contributed by atoms with E-state index in [1.807, 2.05) is 32.9 Å². The van der Waals surface area contributed by atoms with E-state index in [4.69, 9.17) is 4.74 Å². The van der Waals surface area contributed by atoms with E-state index in [-0.39, 0.29) is 0 Å². The lowest BCUT2D eigenvalue weighted by Crippen LogP contribution is -2.27. The summed E-state index contributed by atoms with van der Waals surface area (Å²) in [4.78, 5) is 15.7. The summed E-state index contributed by atoms with van der Waals surface area (Å²) < 4.78 is 5.21. The predicted molar refractivity (Wildman–Crippen MR) is 83.2 cm³/mol. The summed E-state index contributed by atoms with van der Waals surface area (Å²) in [5, 5.41) is 12.7. The first-order valence-corrected chi connectivity index (χ1v) is 7.06. The Morgan fingerprint density at radius 2 is 2.00 bits per heavy atom. The molecule has 22 heavy (non-hydrogen) atoms. The monoisotopic (exact) mass is 303 g/mol. The number of aromatic nitrogens is 3. The zero-order valence-electron chi connectivity index (χ0n) is 13.0. The van der Waals surface area contributed by atoms with Crippen LogP contribution in [0.5, 0.6) is 0 Å². The van der Waals surface area contributed by atoms with Gasteiger partial charge in [0, 0.05) is 31.0 Å². The number of carbonyl (C=O) groups excluding carboxylic acids is 1. The smallest absolute Gasteiger partial charge is 0.413 e. The van der Waals surface area contributed by atoms with Gasteiger partial charge in [-0.15, -0.1) is 0 Å². The molecule has 3 N–H and O–H groups in total. The van der Waals surface area contributed by atoms with Crippen molar-refractivity contribution in [3.63, 3.8) is 0 Å². The maximum atomic E-state index is 11.8. The largest absolute Gasteiger partial charge is 0.444 e. The second-order valence-corrected chi connectivity index (χ2v) is 5.86. The molecule has 2 rings (SSSR count). The van der Waals surface area contributed by atoms with Crippen molar-refractivity contribution in [1.29, 1.82) is 0 Å². The molecule has 0 saturated carbocycles. The lowest BCUT2D eigenvalue weighted by Gasteiger charge is -2.19. The zero-order chi connectivity index (χ0) is 16.0. The molecule has 0 aliphatic heterocycles. The Hall–Kier alpha value is -2.41. The molecule has 0 atom stereocenters. The van der Waals surface area contributed by atoms with Crippen LogP contribution < -0.4 is 10.6 Å². The first kappa shape index (κ1) is 16.0. The van der Waals surface area contributed by atoms with Crippen molar-refractivity contribution < 1.29 is 9.53 Å². The Morgan fingerprint density at radius 3 is 2.68 bits per heavy atom. The standard InChI is InChI=1S/C15H21N5O2/c1-15(2,3)22-14(21)19-13-12(10-18-20-13)9-17-8-11-4-6-16-7-5-11/h4-7,10,17H,8-9H2,1-3H3,(H2,18,19,20,21). The van der Waals surface area contributed by atoms with Crippen molar-refractivity contribution in [2.45, 2.75) is 39.5 Å². The van der Waals surface area contributed by atoms with Crippen molar-refractivity contribution in [3.8, 4) is 0 Å². The van der Waals surface area contributed by atoms with Gasteiger partial charge in [-0.2, -0.15) is 5.10 Å². The number of carbonyl (C=O) groups is 1. The highest BCUT2D eigenvalue weighted by Crippen LogP contribution is 2.14. The summed E-state index contributed by atoms with van der Waals surface area (Å²) in [7, 11) is 0. The Bertz CT molecular complexity index is 604. The van der Waals surface area contributed by atoms with E-state index < -0.39 is 11.7 Å². The number of hydrogen-bond acceptors (Lipinski definition) is 5. The minimum absolute atomic E-state index is 0.507. The van der Waals surface area contributed by atoms with Gasteiger partial charge < -0.3 is 10.1 Å². The number of hydrogen-bond donors (Lipinski definition) is 3. The molecular weight excluding hydrogens is 282 g/mol. The van der Waals surface area contributed by atoms with Gasteiger partial charge in [0.15, 0.2) is 0 Å². The number of nitrogens with zero attached hydrogens (tertiary/aromatic N) is 2. The molecule has 0 fully saturated rings. The Kier molecular flexibility index (Phi) is 5.11. The highest BCUT2D eigenvalue weighted by atomic mass is 16.6. The molecule has 0 radical (unpaired) electrons. The van der Waals surface area contributed by atoms with Gasteiger partial charge in [0.25, 0.3) is 0 Å². The minimum atomic E-state index is -0.538. The fraction of sp³-hybridized carbons (Fsp3) is 0.400. The fourth-order valence-corrected chi connectivity index (χ4v) is 1.80. The Balaban J connectivity index is 1.86. The van der Waals surface area contributed by atoms with Crippen LogP contribution in [0, 0.1) is 0 Å². The number of aromatic amines is 1. The summed E-state index contributed by atoms with van der Waals surface area (Å²) >= 11 is 0. The third-order valence-electron chi connectivity index (χ3n) is 2.74. The van der Waals surface area contributed by atoms with Crippen LogP contribution in [0.1, 0.15) is 31.9 Å². The van der Waals surface area contributed by atoms with Crippen LogP contribution in [-0.4, -0.2) is 26.9 Å². The maximum Gasteiger partial charge on any atom is 0.413 e. The van der Waals surface area contributed by atoms with Gasteiger partial charge >= 0.3 is 6.09 Å². The molecule has 1 amide bonds. The summed E-state index contributed by atoms with van der Waals surface area (Å²) in [6.45, 7) is 6.73. The topological polar surface area (TPSA) is 91.9 Å². The van der Waals surface area contributed by atoms with E-state index in [0.717, 1.165) is 11.1 Å². The zero-order valence-corrected chi connectivity index (χ0v) is 13.0. The van der Waals surface area contributed by atoms with Gasteiger partial charge in [-0.3, -0.25) is 15.4 Å². The average Bonchev–Trinajstić information content (AvgIpc) is 2.85. The molecular formula is C15H21N5O2. The molecule has 7 nitrogen and oxygen atoms in total. The van der Waals surface area contributed by atoms with Crippen LogP contribution in [0.15, 0.2) is 30.7 Å². The van der Waals surface area contributed by atoms with E-state index in [9.17, 15) is 4.79 Å². The number of nitrogens with one attached hydrogen (secondary N) is 3. The molecule has 7 heteroatoms. The van der Waals surface area contributed by atoms with Crippen molar-refractivity contribution in [3.05, 3.63) is 41.9 Å². The number of anilines is 1. The van der Waals surface area contributed by atoms with E-state index in [1.165, 1.54) is 0 Å². The average molecular weight is 303 g/mol. The highest BCUT2D eigenvalue weighted by Gasteiger charge is 2.17. The molecule has 0 spiro atoms. The van der Waals surface area contributed by atoms with Crippen molar-refractivity contribution in [2.24, 2.45) is 0 Å². The molecule has 0 aliphatic carbocycles. The van der Waals surface area contributed by atoms with Gasteiger partial charge in [0.1, 0.15) is 11.4 Å². The van der Waals surface area contributed by atoms with E-state index in [0.29, 0.717) is 18.9 Å². The number of amides is 1. The second-order valence-electron chi connectivity index (χ2n) is 5.86. The van der Waals surface area contributed by atoms with Crippen molar-refractivity contribution >= 4 is 11.9 Å². The molecule has 2 aromatic rings. The van der Waals surface area contributed by atoms with Crippen LogP contribution in [-0.2, 0) is 17.8 Å². The molecule has 0 bridgehead atoms. The van der Waals surface area contributed by atoms with E-state index in [2.05, 4.69) is 25.8 Å². The molecule has 118 valence electrons. The molecule has 0 aromatic carbocycles. The first-order valence-electron chi connectivity index (χ1n) is 7.06. The number of pyridine rings is 1.